The molecule has 0 radical (unpaired) electrons. The number of hydrogen-bond acceptors (Lipinski definition) is 6. The van der Waals surface area contributed by atoms with Gasteiger partial charge in [0, 0.05) is 44.5 Å². The molecule has 4 heterocycles. The maximum absolute atomic E-state index is 12.8. The number of nitrogens with zero attached hydrogens (tertiary/aromatic N) is 5. The van der Waals surface area contributed by atoms with E-state index in [0.29, 0.717) is 18.2 Å². The lowest BCUT2D eigenvalue weighted by Gasteiger charge is -2.27. The van der Waals surface area contributed by atoms with Gasteiger partial charge in [-0.25, -0.2) is 4.79 Å². The summed E-state index contributed by atoms with van der Waals surface area (Å²) < 4.78 is 33.7. The van der Waals surface area contributed by atoms with Gasteiger partial charge in [0.1, 0.15) is 5.82 Å². The van der Waals surface area contributed by atoms with Crippen LogP contribution in [0.4, 0.5) is 13.2 Å². The Morgan fingerprint density at radius 2 is 1.84 bits per heavy atom. The molecule has 1 spiro atoms. The van der Waals surface area contributed by atoms with E-state index in [1.807, 2.05) is 27.7 Å². The number of nitrogens with one attached hydrogen (secondary N) is 1. The summed E-state index contributed by atoms with van der Waals surface area (Å²) in [6.45, 7) is 3.04. The van der Waals surface area contributed by atoms with Crippen molar-refractivity contribution in [2.45, 2.75) is 57.7 Å². The summed E-state index contributed by atoms with van der Waals surface area (Å²) >= 11 is 0. The van der Waals surface area contributed by atoms with Crippen molar-refractivity contribution in [2.24, 2.45) is 11.3 Å². The minimum atomic E-state index is -5.08. The van der Waals surface area contributed by atoms with Gasteiger partial charge < -0.3 is 19.9 Å². The third kappa shape index (κ3) is 6.83. The van der Waals surface area contributed by atoms with Gasteiger partial charge in [0.05, 0.1) is 6.42 Å². The van der Waals surface area contributed by atoms with Gasteiger partial charge >= 0.3 is 12.1 Å². The molecule has 13 heteroatoms. The van der Waals surface area contributed by atoms with Crippen LogP contribution >= 0.6 is 0 Å². The Hall–Kier alpha value is -3.51. The van der Waals surface area contributed by atoms with Crippen LogP contribution in [0.3, 0.4) is 0 Å². The summed E-state index contributed by atoms with van der Waals surface area (Å²) in [4.78, 5) is 40.5. The fraction of sp³-hybridized carbons (Fsp3) is 0.583. The fourth-order valence-electron chi connectivity index (χ4n) is 4.74. The summed E-state index contributed by atoms with van der Waals surface area (Å²) in [6, 6.07) is 5.68. The zero-order valence-corrected chi connectivity index (χ0v) is 20.2. The van der Waals surface area contributed by atoms with Crippen molar-refractivity contribution in [3.63, 3.8) is 0 Å². The number of fused-ring (bicyclic) bond motifs is 1. The normalized spacial score (nSPS) is 21.0. The third-order valence-corrected chi connectivity index (χ3v) is 7.12. The highest BCUT2D eigenvalue weighted by atomic mass is 19.4. The molecular formula is C24H29F3N6O4. The van der Waals surface area contributed by atoms with Crippen molar-refractivity contribution in [1.82, 2.24) is 30.0 Å². The average Bonchev–Trinajstić information content (AvgIpc) is 3.50. The van der Waals surface area contributed by atoms with E-state index < -0.39 is 12.1 Å². The molecule has 0 aromatic carbocycles. The first-order valence-electron chi connectivity index (χ1n) is 12.2. The predicted octanol–water partition coefficient (Wildman–Crippen LogP) is 2.24. The number of pyridine rings is 1. The molecule has 1 aliphatic carbocycles. The zero-order chi connectivity index (χ0) is 26.6. The number of carbonyl (C=O) groups excluding carboxylic acids is 2. The predicted molar refractivity (Wildman–Crippen MR) is 123 cm³/mol. The first-order valence-corrected chi connectivity index (χ1v) is 12.2. The summed E-state index contributed by atoms with van der Waals surface area (Å²) in [5.74, 6) is -0.764. The number of aromatic nitrogens is 4. The fourth-order valence-corrected chi connectivity index (χ4v) is 4.74. The van der Waals surface area contributed by atoms with Crippen LogP contribution < -0.4 is 5.32 Å². The lowest BCUT2D eigenvalue weighted by molar-refractivity contribution is -0.192. The second kappa shape index (κ2) is 10.9. The van der Waals surface area contributed by atoms with Crippen LogP contribution in [0.15, 0.2) is 24.4 Å². The first kappa shape index (κ1) is 26.6. The summed E-state index contributed by atoms with van der Waals surface area (Å²) in [6.07, 6.45) is 3.12. The third-order valence-electron chi connectivity index (χ3n) is 7.12. The number of carboxylic acids is 1. The number of alkyl halides is 3. The van der Waals surface area contributed by atoms with Crippen LogP contribution in [0, 0.1) is 11.3 Å². The largest absolute Gasteiger partial charge is 0.490 e. The molecule has 1 atom stereocenters. The Bertz CT molecular complexity index is 1140. The van der Waals surface area contributed by atoms with Gasteiger partial charge in [-0.1, -0.05) is 6.07 Å². The van der Waals surface area contributed by atoms with Gasteiger partial charge in [-0.05, 0) is 55.6 Å². The van der Waals surface area contributed by atoms with Crippen molar-refractivity contribution in [3.05, 3.63) is 41.7 Å². The molecular weight excluding hydrogens is 493 g/mol. The number of rotatable bonds is 5. The van der Waals surface area contributed by atoms with Gasteiger partial charge in [-0.15, -0.1) is 10.2 Å². The van der Waals surface area contributed by atoms with Gasteiger partial charge in [0.2, 0.25) is 11.7 Å². The second-order valence-corrected chi connectivity index (χ2v) is 9.86. The summed E-state index contributed by atoms with van der Waals surface area (Å²) in [7, 11) is 0. The molecule has 10 nitrogen and oxygen atoms in total. The minimum Gasteiger partial charge on any atom is -0.475 e. The SMILES string of the molecule is O=C(NCC1CC1)c1nnc2n1CCC1(CC2)CCN(C(=O)Cc2ccccn2)C1.O=C(O)C(F)(F)F. The standard InChI is InChI=1S/C22H28N6O2.C2HF3O2/c29-19(13-17-3-1-2-10-23-17)27-11-8-22(15-27)7-6-18-25-26-20(28(18)12-9-22)21(30)24-14-16-4-5-16;3-2(4,5)1(6)7/h1-3,10,16H,4-9,11-15H2,(H,24,30);(H,6,7). The Labute approximate surface area is 211 Å². The number of amides is 2. The topological polar surface area (TPSA) is 130 Å². The van der Waals surface area contributed by atoms with E-state index in [2.05, 4.69) is 20.5 Å². The molecule has 2 aliphatic heterocycles. The monoisotopic (exact) mass is 522 g/mol. The van der Waals surface area contributed by atoms with Crippen LogP contribution in [0.25, 0.3) is 0 Å². The Morgan fingerprint density at radius 3 is 2.49 bits per heavy atom. The molecule has 3 aliphatic rings. The lowest BCUT2D eigenvalue weighted by atomic mass is 9.80. The number of likely N-dealkylation sites (tertiary alicyclic amines) is 1. The summed E-state index contributed by atoms with van der Waals surface area (Å²) in [5, 5.41) is 18.6. The number of carboxylic acid groups (broad SMARTS) is 1. The summed E-state index contributed by atoms with van der Waals surface area (Å²) in [5.41, 5.74) is 0.916. The average molecular weight is 523 g/mol. The zero-order valence-electron chi connectivity index (χ0n) is 20.2. The van der Waals surface area contributed by atoms with Crippen molar-refractivity contribution >= 4 is 17.8 Å². The van der Waals surface area contributed by atoms with Crippen LogP contribution in [-0.4, -0.2) is 73.3 Å². The number of carbonyl (C=O) groups is 3. The quantitative estimate of drug-likeness (QED) is 0.616. The van der Waals surface area contributed by atoms with E-state index in [-0.39, 0.29) is 17.2 Å². The van der Waals surface area contributed by atoms with E-state index >= 15 is 0 Å². The van der Waals surface area contributed by atoms with Gasteiger partial charge in [-0.2, -0.15) is 13.2 Å². The number of halogens is 3. The van der Waals surface area contributed by atoms with E-state index in [0.717, 1.165) is 63.4 Å². The molecule has 0 bridgehead atoms. The number of hydrogen-bond donors (Lipinski definition) is 2. The molecule has 1 saturated heterocycles. The van der Waals surface area contributed by atoms with Gasteiger partial charge in [-0.3, -0.25) is 14.6 Å². The molecule has 2 amide bonds. The van der Waals surface area contributed by atoms with Crippen LogP contribution in [-0.2, 0) is 29.0 Å². The van der Waals surface area contributed by atoms with Crippen LogP contribution in [0.2, 0.25) is 0 Å². The Balaban J connectivity index is 0.000000405. The van der Waals surface area contributed by atoms with Gasteiger partial charge in [0.15, 0.2) is 0 Å². The molecule has 2 N–H and O–H groups in total. The first-order chi connectivity index (χ1) is 17.6. The van der Waals surface area contributed by atoms with E-state index in [4.69, 9.17) is 9.90 Å². The molecule has 1 saturated carbocycles. The van der Waals surface area contributed by atoms with Crippen LogP contribution in [0.1, 0.15) is 54.2 Å². The highest BCUT2D eigenvalue weighted by molar-refractivity contribution is 5.90. The molecule has 2 fully saturated rings. The molecule has 37 heavy (non-hydrogen) atoms. The second-order valence-electron chi connectivity index (χ2n) is 9.86. The highest BCUT2D eigenvalue weighted by Gasteiger charge is 2.41. The molecule has 1 unspecified atom stereocenters. The number of aliphatic carboxylic acids is 1. The Morgan fingerprint density at radius 1 is 1.11 bits per heavy atom. The van der Waals surface area contributed by atoms with Gasteiger partial charge in [0.25, 0.3) is 5.91 Å². The van der Waals surface area contributed by atoms with E-state index in [1.165, 1.54) is 12.8 Å². The van der Waals surface area contributed by atoms with Crippen molar-refractivity contribution < 1.29 is 32.7 Å². The van der Waals surface area contributed by atoms with Crippen LogP contribution in [0.5, 0.6) is 0 Å². The smallest absolute Gasteiger partial charge is 0.475 e. The Kier molecular flexibility index (Phi) is 7.79. The van der Waals surface area contributed by atoms with Crippen molar-refractivity contribution in [1.29, 1.82) is 0 Å². The van der Waals surface area contributed by atoms with E-state index in [9.17, 15) is 22.8 Å². The molecule has 200 valence electrons. The molecule has 2 aromatic rings. The molecule has 2 aromatic heterocycles. The highest BCUT2D eigenvalue weighted by Crippen LogP contribution is 2.41. The van der Waals surface area contributed by atoms with Crippen molar-refractivity contribution in [3.8, 4) is 0 Å². The van der Waals surface area contributed by atoms with Crippen molar-refractivity contribution in [2.75, 3.05) is 19.6 Å². The number of aryl methyl sites for hydroxylation is 1. The minimum absolute atomic E-state index is 0.0994. The van der Waals surface area contributed by atoms with E-state index in [1.54, 1.807) is 6.20 Å². The molecule has 5 rings (SSSR count). The maximum atomic E-state index is 12.8. The lowest BCUT2D eigenvalue weighted by Crippen LogP contribution is -2.34. The maximum Gasteiger partial charge on any atom is 0.490 e.